The van der Waals surface area contributed by atoms with Gasteiger partial charge in [-0.2, -0.15) is 0 Å². The zero-order valence-electron chi connectivity index (χ0n) is 14.2. The zero-order chi connectivity index (χ0) is 17.8. The van der Waals surface area contributed by atoms with Crippen molar-refractivity contribution in [3.05, 3.63) is 59.9 Å². The molecular weight excluding hydrogens is 320 g/mol. The van der Waals surface area contributed by atoms with E-state index in [0.717, 1.165) is 11.3 Å². The van der Waals surface area contributed by atoms with Crippen molar-refractivity contribution in [2.24, 2.45) is 0 Å². The van der Waals surface area contributed by atoms with Crippen molar-refractivity contribution in [2.75, 3.05) is 19.5 Å². The number of para-hydroxylation sites is 1. The number of amides is 1. The standard InChI is InChI=1S/C18H18N4O3/c1-12-9-16(24-2)17(25-3)10-14(12)19-18(23)15-11-22(21-20-15)13-7-5-4-6-8-13/h4-11H,1-3H3,(H,19,23). The van der Waals surface area contributed by atoms with E-state index in [2.05, 4.69) is 15.6 Å². The van der Waals surface area contributed by atoms with E-state index in [9.17, 15) is 4.79 Å². The highest BCUT2D eigenvalue weighted by molar-refractivity contribution is 6.03. The molecule has 1 aromatic heterocycles. The molecule has 7 heteroatoms. The van der Waals surface area contributed by atoms with Crippen LogP contribution < -0.4 is 14.8 Å². The van der Waals surface area contributed by atoms with E-state index in [0.29, 0.717) is 17.2 Å². The SMILES string of the molecule is COc1cc(C)c(NC(=O)c2cn(-c3ccccc3)nn2)cc1OC. The average molecular weight is 338 g/mol. The topological polar surface area (TPSA) is 78.3 Å². The van der Waals surface area contributed by atoms with Crippen LogP contribution in [0.15, 0.2) is 48.7 Å². The van der Waals surface area contributed by atoms with Gasteiger partial charge in [0.25, 0.3) is 5.91 Å². The highest BCUT2D eigenvalue weighted by Gasteiger charge is 2.15. The number of benzene rings is 2. The van der Waals surface area contributed by atoms with E-state index in [1.165, 1.54) is 0 Å². The fourth-order valence-corrected chi connectivity index (χ4v) is 2.38. The van der Waals surface area contributed by atoms with Gasteiger partial charge in [0.05, 0.1) is 26.1 Å². The highest BCUT2D eigenvalue weighted by atomic mass is 16.5. The number of anilines is 1. The first kappa shape index (κ1) is 16.5. The van der Waals surface area contributed by atoms with Crippen molar-refractivity contribution in [1.29, 1.82) is 0 Å². The van der Waals surface area contributed by atoms with Gasteiger partial charge in [-0.05, 0) is 30.7 Å². The molecule has 0 fully saturated rings. The molecule has 7 nitrogen and oxygen atoms in total. The molecule has 3 aromatic rings. The summed E-state index contributed by atoms with van der Waals surface area (Å²) >= 11 is 0. The number of hydrogen-bond donors (Lipinski definition) is 1. The van der Waals surface area contributed by atoms with Gasteiger partial charge in [0.2, 0.25) is 0 Å². The van der Waals surface area contributed by atoms with E-state index >= 15 is 0 Å². The molecule has 0 saturated carbocycles. The summed E-state index contributed by atoms with van der Waals surface area (Å²) in [6.07, 6.45) is 1.58. The number of methoxy groups -OCH3 is 2. The Hall–Kier alpha value is -3.35. The van der Waals surface area contributed by atoms with Gasteiger partial charge < -0.3 is 14.8 Å². The Kier molecular flexibility index (Phi) is 4.65. The molecule has 0 unspecified atom stereocenters. The zero-order valence-corrected chi connectivity index (χ0v) is 14.2. The lowest BCUT2D eigenvalue weighted by Gasteiger charge is -2.13. The van der Waals surface area contributed by atoms with Crippen molar-refractivity contribution in [3.63, 3.8) is 0 Å². The van der Waals surface area contributed by atoms with Gasteiger partial charge >= 0.3 is 0 Å². The summed E-state index contributed by atoms with van der Waals surface area (Å²) in [6, 6.07) is 13.0. The molecule has 128 valence electrons. The van der Waals surface area contributed by atoms with Crippen LogP contribution in [0, 0.1) is 6.92 Å². The minimum atomic E-state index is -0.350. The van der Waals surface area contributed by atoms with Crippen LogP contribution in [-0.4, -0.2) is 35.1 Å². The molecule has 0 bridgehead atoms. The lowest BCUT2D eigenvalue weighted by Crippen LogP contribution is -2.13. The Morgan fingerprint density at radius 1 is 1.08 bits per heavy atom. The van der Waals surface area contributed by atoms with Crippen molar-refractivity contribution in [3.8, 4) is 17.2 Å². The second kappa shape index (κ2) is 7.04. The van der Waals surface area contributed by atoms with Gasteiger partial charge in [-0.1, -0.05) is 23.4 Å². The Bertz CT molecular complexity index is 891. The maximum atomic E-state index is 12.5. The van der Waals surface area contributed by atoms with Crippen LogP contribution in [0.25, 0.3) is 5.69 Å². The Morgan fingerprint density at radius 3 is 2.44 bits per heavy atom. The van der Waals surface area contributed by atoms with Gasteiger partial charge in [-0.3, -0.25) is 4.79 Å². The third-order valence-electron chi connectivity index (χ3n) is 3.73. The molecule has 1 heterocycles. The molecule has 1 amide bonds. The predicted octanol–water partition coefficient (Wildman–Crippen LogP) is 2.85. The lowest BCUT2D eigenvalue weighted by molar-refractivity contribution is 0.102. The quantitative estimate of drug-likeness (QED) is 0.774. The minimum Gasteiger partial charge on any atom is -0.493 e. The van der Waals surface area contributed by atoms with Crippen LogP contribution >= 0.6 is 0 Å². The molecule has 0 saturated heterocycles. The molecule has 0 aliphatic rings. The molecule has 0 radical (unpaired) electrons. The highest BCUT2D eigenvalue weighted by Crippen LogP contribution is 2.33. The monoisotopic (exact) mass is 338 g/mol. The van der Waals surface area contributed by atoms with Crippen LogP contribution in [0.3, 0.4) is 0 Å². The molecule has 0 spiro atoms. The first-order valence-corrected chi connectivity index (χ1v) is 7.64. The normalized spacial score (nSPS) is 10.4. The molecule has 0 aliphatic carbocycles. The number of hydrogen-bond acceptors (Lipinski definition) is 5. The molecule has 25 heavy (non-hydrogen) atoms. The van der Waals surface area contributed by atoms with Gasteiger partial charge in [0.15, 0.2) is 17.2 Å². The summed E-state index contributed by atoms with van der Waals surface area (Å²) < 4.78 is 12.1. The Morgan fingerprint density at radius 2 is 1.76 bits per heavy atom. The van der Waals surface area contributed by atoms with Gasteiger partial charge in [0, 0.05) is 11.8 Å². The number of ether oxygens (including phenoxy) is 2. The number of nitrogens with one attached hydrogen (secondary N) is 1. The summed E-state index contributed by atoms with van der Waals surface area (Å²) in [5, 5.41) is 10.8. The summed E-state index contributed by atoms with van der Waals surface area (Å²) in [5.41, 5.74) is 2.52. The molecule has 0 atom stereocenters. The summed E-state index contributed by atoms with van der Waals surface area (Å²) in [5.74, 6) is 0.793. The maximum absolute atomic E-state index is 12.5. The number of rotatable bonds is 5. The van der Waals surface area contributed by atoms with E-state index in [4.69, 9.17) is 9.47 Å². The predicted molar refractivity (Wildman–Crippen MR) is 93.6 cm³/mol. The fraction of sp³-hybridized carbons (Fsp3) is 0.167. The molecule has 1 N–H and O–H groups in total. The lowest BCUT2D eigenvalue weighted by atomic mass is 10.1. The summed E-state index contributed by atoms with van der Waals surface area (Å²) in [7, 11) is 3.11. The number of carbonyl (C=O) groups excluding carboxylic acids is 1. The van der Waals surface area contributed by atoms with Crippen LogP contribution in [0.2, 0.25) is 0 Å². The van der Waals surface area contributed by atoms with E-state index in [-0.39, 0.29) is 11.6 Å². The first-order chi connectivity index (χ1) is 12.1. The Balaban J connectivity index is 1.82. The maximum Gasteiger partial charge on any atom is 0.277 e. The van der Waals surface area contributed by atoms with Crippen molar-refractivity contribution in [1.82, 2.24) is 15.0 Å². The third-order valence-corrected chi connectivity index (χ3v) is 3.73. The van der Waals surface area contributed by atoms with E-state index in [1.807, 2.05) is 37.3 Å². The minimum absolute atomic E-state index is 0.220. The van der Waals surface area contributed by atoms with Crippen molar-refractivity contribution < 1.29 is 14.3 Å². The number of carbonyl (C=O) groups is 1. The molecular formula is C18H18N4O3. The number of nitrogens with zero attached hydrogens (tertiary/aromatic N) is 3. The van der Waals surface area contributed by atoms with Crippen LogP contribution in [-0.2, 0) is 0 Å². The largest absolute Gasteiger partial charge is 0.493 e. The van der Waals surface area contributed by atoms with E-state index < -0.39 is 0 Å². The van der Waals surface area contributed by atoms with Gasteiger partial charge in [-0.25, -0.2) is 4.68 Å². The summed E-state index contributed by atoms with van der Waals surface area (Å²) in [6.45, 7) is 1.87. The summed E-state index contributed by atoms with van der Waals surface area (Å²) in [4.78, 5) is 12.5. The second-order valence-electron chi connectivity index (χ2n) is 5.36. The van der Waals surface area contributed by atoms with Crippen molar-refractivity contribution >= 4 is 11.6 Å². The number of aromatic nitrogens is 3. The van der Waals surface area contributed by atoms with Crippen LogP contribution in [0.1, 0.15) is 16.1 Å². The Labute approximate surface area is 145 Å². The van der Waals surface area contributed by atoms with Gasteiger partial charge in [-0.15, -0.1) is 5.10 Å². The molecule has 0 aliphatic heterocycles. The molecule has 3 rings (SSSR count). The van der Waals surface area contributed by atoms with Crippen LogP contribution in [0.5, 0.6) is 11.5 Å². The third kappa shape index (κ3) is 3.45. The van der Waals surface area contributed by atoms with Gasteiger partial charge in [0.1, 0.15) is 0 Å². The smallest absolute Gasteiger partial charge is 0.277 e. The van der Waals surface area contributed by atoms with Crippen LogP contribution in [0.4, 0.5) is 5.69 Å². The first-order valence-electron chi connectivity index (χ1n) is 7.64. The second-order valence-corrected chi connectivity index (χ2v) is 5.36. The van der Waals surface area contributed by atoms with Crippen molar-refractivity contribution in [2.45, 2.75) is 6.92 Å². The van der Waals surface area contributed by atoms with E-state index in [1.54, 1.807) is 37.2 Å². The average Bonchev–Trinajstić information content (AvgIpc) is 3.14. The molecule has 2 aromatic carbocycles. The number of aryl methyl sites for hydroxylation is 1. The fourth-order valence-electron chi connectivity index (χ4n) is 2.38.